The first-order chi connectivity index (χ1) is 18.4. The first kappa shape index (κ1) is 27.8. The third kappa shape index (κ3) is 6.41. The summed E-state index contributed by atoms with van der Waals surface area (Å²) in [5, 5.41) is 12.0. The van der Waals surface area contributed by atoms with Gasteiger partial charge in [0.25, 0.3) is 5.91 Å². The molecular formula is C30H39N5O2S. The van der Waals surface area contributed by atoms with Gasteiger partial charge in [-0.15, -0.1) is 5.10 Å². The first-order valence-electron chi connectivity index (χ1n) is 13.6. The summed E-state index contributed by atoms with van der Waals surface area (Å²) < 4.78 is 7.78. The number of amides is 1. The number of aromatic nitrogens is 3. The predicted octanol–water partition coefficient (Wildman–Crippen LogP) is 7.28. The summed E-state index contributed by atoms with van der Waals surface area (Å²) in [6.07, 6.45) is 5.58. The maximum Gasteiger partial charge on any atom is 0.255 e. The van der Waals surface area contributed by atoms with Crippen LogP contribution in [0.5, 0.6) is 5.75 Å². The molecule has 2 N–H and O–H groups in total. The van der Waals surface area contributed by atoms with Crippen LogP contribution in [0.15, 0.2) is 58.9 Å². The number of unbranched alkanes of at least 4 members (excludes halogenated alkanes) is 3. The number of allylic oxidation sites excluding steroid dienone is 1. The summed E-state index contributed by atoms with van der Waals surface area (Å²) in [6.45, 7) is 11.1. The Labute approximate surface area is 230 Å². The van der Waals surface area contributed by atoms with E-state index in [4.69, 9.17) is 14.8 Å². The number of fused-ring (bicyclic) bond motifs is 1. The number of hydrogen-bond donors (Lipinski definition) is 2. The zero-order chi connectivity index (χ0) is 27.1. The molecule has 7 nitrogen and oxygen atoms in total. The van der Waals surface area contributed by atoms with Crippen LogP contribution in [0.3, 0.4) is 0 Å². The fraction of sp³-hybridized carbons (Fsp3) is 0.433. The van der Waals surface area contributed by atoms with Crippen LogP contribution in [-0.4, -0.2) is 33.0 Å². The van der Waals surface area contributed by atoms with E-state index in [1.807, 2.05) is 67.9 Å². The van der Waals surface area contributed by atoms with Crippen LogP contribution in [0.1, 0.15) is 75.6 Å². The molecule has 38 heavy (non-hydrogen) atoms. The number of carbonyl (C=O) groups excluding carboxylic acids is 1. The van der Waals surface area contributed by atoms with E-state index < -0.39 is 6.04 Å². The second-order valence-electron chi connectivity index (χ2n) is 9.76. The molecule has 0 radical (unpaired) electrons. The average Bonchev–Trinajstić information content (AvgIpc) is 3.31. The van der Waals surface area contributed by atoms with Gasteiger partial charge in [-0.1, -0.05) is 69.1 Å². The lowest BCUT2D eigenvalue weighted by Gasteiger charge is -2.29. The maximum absolute atomic E-state index is 13.8. The standard InChI is InChI=1S/C30H39N5O2S/c1-6-8-10-18-37-24-16-14-23(15-17-24)27-26(28(36)32-25-13-11-12-20(3)21(25)4)22(5)31-29-33-30(34-35(27)29)38-19-9-7-2/h11-17,27H,6-10,18-19H2,1-5H3,(H,32,36)(H,31,33,34). The Kier molecular flexibility index (Phi) is 9.50. The normalized spacial score (nSPS) is 14.7. The Morgan fingerprint density at radius 2 is 1.82 bits per heavy atom. The number of rotatable bonds is 12. The lowest BCUT2D eigenvalue weighted by molar-refractivity contribution is -0.113. The molecule has 0 spiro atoms. The number of ether oxygens (including phenoxy) is 1. The molecule has 1 unspecified atom stereocenters. The van der Waals surface area contributed by atoms with Gasteiger partial charge in [-0.25, -0.2) is 4.68 Å². The summed E-state index contributed by atoms with van der Waals surface area (Å²) in [6, 6.07) is 13.5. The molecule has 202 valence electrons. The molecule has 2 heterocycles. The van der Waals surface area contributed by atoms with Crippen molar-refractivity contribution in [3.63, 3.8) is 0 Å². The van der Waals surface area contributed by atoms with Crippen LogP contribution >= 0.6 is 11.8 Å². The van der Waals surface area contributed by atoms with Crippen LogP contribution < -0.4 is 15.4 Å². The summed E-state index contributed by atoms with van der Waals surface area (Å²) in [5.74, 6) is 2.28. The lowest BCUT2D eigenvalue weighted by Crippen LogP contribution is -2.31. The minimum absolute atomic E-state index is 0.157. The highest BCUT2D eigenvalue weighted by Crippen LogP contribution is 2.37. The van der Waals surface area contributed by atoms with Crippen LogP contribution in [0.25, 0.3) is 0 Å². The Morgan fingerprint density at radius 3 is 2.55 bits per heavy atom. The number of benzene rings is 2. The average molecular weight is 534 g/mol. The van der Waals surface area contributed by atoms with E-state index >= 15 is 0 Å². The highest BCUT2D eigenvalue weighted by molar-refractivity contribution is 7.99. The third-order valence-electron chi connectivity index (χ3n) is 6.87. The van der Waals surface area contributed by atoms with E-state index in [1.54, 1.807) is 11.8 Å². The van der Waals surface area contributed by atoms with Crippen molar-refractivity contribution in [2.24, 2.45) is 0 Å². The number of nitrogens with one attached hydrogen (secondary N) is 2. The zero-order valence-corrected chi connectivity index (χ0v) is 24.0. The van der Waals surface area contributed by atoms with Gasteiger partial charge in [-0.3, -0.25) is 4.79 Å². The van der Waals surface area contributed by atoms with Gasteiger partial charge in [0.1, 0.15) is 11.8 Å². The Balaban J connectivity index is 1.66. The molecule has 0 saturated heterocycles. The van der Waals surface area contributed by atoms with Crippen molar-refractivity contribution in [3.05, 3.63) is 70.4 Å². The van der Waals surface area contributed by atoms with E-state index in [9.17, 15) is 4.79 Å². The van der Waals surface area contributed by atoms with E-state index in [-0.39, 0.29) is 5.91 Å². The number of carbonyl (C=O) groups is 1. The Morgan fingerprint density at radius 1 is 1.05 bits per heavy atom. The molecular weight excluding hydrogens is 494 g/mol. The number of anilines is 2. The smallest absolute Gasteiger partial charge is 0.255 e. The second kappa shape index (κ2) is 13.0. The van der Waals surface area contributed by atoms with E-state index in [0.717, 1.165) is 71.7 Å². The van der Waals surface area contributed by atoms with Gasteiger partial charge in [-0.05, 0) is 68.5 Å². The van der Waals surface area contributed by atoms with E-state index in [0.29, 0.717) is 23.3 Å². The summed E-state index contributed by atoms with van der Waals surface area (Å²) >= 11 is 1.65. The first-order valence-corrected chi connectivity index (χ1v) is 14.6. The van der Waals surface area contributed by atoms with Crippen molar-refractivity contribution in [2.75, 3.05) is 23.0 Å². The lowest BCUT2D eigenvalue weighted by atomic mass is 9.94. The Bertz CT molecular complexity index is 1280. The fourth-order valence-electron chi connectivity index (χ4n) is 4.47. The molecule has 3 aromatic rings. The van der Waals surface area contributed by atoms with E-state index in [2.05, 4.69) is 24.5 Å². The van der Waals surface area contributed by atoms with Crippen molar-refractivity contribution in [2.45, 2.75) is 77.9 Å². The molecule has 8 heteroatoms. The van der Waals surface area contributed by atoms with Gasteiger partial charge >= 0.3 is 0 Å². The SMILES string of the molecule is CCCCCOc1ccc(C2C(C(=O)Nc3cccc(C)c3C)=C(C)Nc3nc(SCCCC)nn32)cc1. The molecule has 1 aromatic heterocycles. The summed E-state index contributed by atoms with van der Waals surface area (Å²) in [7, 11) is 0. The van der Waals surface area contributed by atoms with Crippen molar-refractivity contribution < 1.29 is 9.53 Å². The minimum Gasteiger partial charge on any atom is -0.494 e. The fourth-order valence-corrected chi connectivity index (χ4v) is 5.38. The topological polar surface area (TPSA) is 81.1 Å². The van der Waals surface area contributed by atoms with Crippen LogP contribution in [0, 0.1) is 13.8 Å². The highest BCUT2D eigenvalue weighted by Gasteiger charge is 2.34. The Hall–Kier alpha value is -3.26. The highest BCUT2D eigenvalue weighted by atomic mass is 32.2. The van der Waals surface area contributed by atoms with Gasteiger partial charge in [-0.2, -0.15) is 4.98 Å². The van der Waals surface area contributed by atoms with Crippen LogP contribution in [0.4, 0.5) is 11.6 Å². The van der Waals surface area contributed by atoms with Gasteiger partial charge in [0, 0.05) is 17.1 Å². The molecule has 0 fully saturated rings. The number of thioether (sulfide) groups is 1. The largest absolute Gasteiger partial charge is 0.494 e. The number of hydrogen-bond acceptors (Lipinski definition) is 6. The van der Waals surface area contributed by atoms with Gasteiger partial charge in [0.2, 0.25) is 11.1 Å². The summed E-state index contributed by atoms with van der Waals surface area (Å²) in [5.41, 5.74) is 5.33. The van der Waals surface area contributed by atoms with E-state index in [1.165, 1.54) is 0 Å². The molecule has 1 amide bonds. The quantitative estimate of drug-likeness (QED) is 0.188. The van der Waals surface area contributed by atoms with Crippen molar-refractivity contribution in [1.29, 1.82) is 0 Å². The van der Waals surface area contributed by atoms with Crippen molar-refractivity contribution >= 4 is 29.3 Å². The minimum atomic E-state index is -0.418. The molecule has 4 rings (SSSR count). The number of aryl methyl sites for hydroxylation is 1. The molecule has 0 saturated carbocycles. The van der Waals surface area contributed by atoms with Gasteiger partial charge in [0.15, 0.2) is 0 Å². The third-order valence-corrected chi connectivity index (χ3v) is 7.80. The maximum atomic E-state index is 13.8. The second-order valence-corrected chi connectivity index (χ2v) is 10.8. The van der Waals surface area contributed by atoms with Crippen LogP contribution in [0.2, 0.25) is 0 Å². The van der Waals surface area contributed by atoms with Crippen molar-refractivity contribution in [3.8, 4) is 5.75 Å². The van der Waals surface area contributed by atoms with Crippen LogP contribution in [-0.2, 0) is 4.79 Å². The summed E-state index contributed by atoms with van der Waals surface area (Å²) in [4.78, 5) is 18.6. The zero-order valence-electron chi connectivity index (χ0n) is 23.1. The monoisotopic (exact) mass is 533 g/mol. The predicted molar refractivity (Wildman–Crippen MR) is 156 cm³/mol. The number of nitrogens with zero attached hydrogens (tertiary/aromatic N) is 3. The van der Waals surface area contributed by atoms with Gasteiger partial charge < -0.3 is 15.4 Å². The molecule has 1 aliphatic rings. The molecule has 1 atom stereocenters. The molecule has 2 aromatic carbocycles. The molecule has 0 bridgehead atoms. The molecule has 0 aliphatic carbocycles. The van der Waals surface area contributed by atoms with Crippen molar-refractivity contribution in [1.82, 2.24) is 14.8 Å². The van der Waals surface area contributed by atoms with Gasteiger partial charge in [0.05, 0.1) is 12.2 Å². The molecule has 1 aliphatic heterocycles.